The first-order chi connectivity index (χ1) is 10.1. The van der Waals surface area contributed by atoms with Crippen LogP contribution in [0.3, 0.4) is 0 Å². The summed E-state index contributed by atoms with van der Waals surface area (Å²) in [6, 6.07) is 5.60. The minimum absolute atomic E-state index is 0.368. The number of benzene rings is 1. The Morgan fingerprint density at radius 3 is 2.71 bits per heavy atom. The van der Waals surface area contributed by atoms with Crippen molar-refractivity contribution in [1.82, 2.24) is 9.88 Å². The highest BCUT2D eigenvalue weighted by Crippen LogP contribution is 2.42. The molecular formula is C16H20N2O2S. The summed E-state index contributed by atoms with van der Waals surface area (Å²) in [6.45, 7) is 2.05. The van der Waals surface area contributed by atoms with E-state index in [2.05, 4.69) is 23.0 Å². The third-order valence-corrected chi connectivity index (χ3v) is 6.55. The maximum atomic E-state index is 11.3. The smallest absolute Gasteiger partial charge is 0.408 e. The van der Waals surface area contributed by atoms with Crippen LogP contribution >= 0.6 is 11.8 Å². The molecule has 1 aromatic heterocycles. The molecule has 2 fully saturated rings. The van der Waals surface area contributed by atoms with Gasteiger partial charge in [0.1, 0.15) is 0 Å². The van der Waals surface area contributed by atoms with Crippen LogP contribution in [0.4, 0.5) is 0 Å². The van der Waals surface area contributed by atoms with Gasteiger partial charge in [-0.15, -0.1) is 11.8 Å². The number of oxazole rings is 1. The molecule has 1 N–H and O–H groups in total. The highest BCUT2D eigenvalue weighted by molar-refractivity contribution is 8.00. The predicted molar refractivity (Wildman–Crippen MR) is 85.0 cm³/mol. The van der Waals surface area contributed by atoms with Crippen molar-refractivity contribution >= 4 is 22.9 Å². The van der Waals surface area contributed by atoms with Crippen molar-refractivity contribution < 1.29 is 4.42 Å². The van der Waals surface area contributed by atoms with Gasteiger partial charge in [-0.25, -0.2) is 4.79 Å². The summed E-state index contributed by atoms with van der Waals surface area (Å²) in [7, 11) is 2.27. The van der Waals surface area contributed by atoms with Crippen molar-refractivity contribution in [3.63, 3.8) is 0 Å². The number of aromatic nitrogens is 1. The van der Waals surface area contributed by atoms with E-state index in [4.69, 9.17) is 4.42 Å². The SMILES string of the molecule is Cc1c(SC2C[C@H]3CC[C@@H](C2)N3C)ccc2[nH]c(=O)oc12. The lowest BCUT2D eigenvalue weighted by Gasteiger charge is -2.36. The van der Waals surface area contributed by atoms with Gasteiger partial charge in [-0.2, -0.15) is 0 Å². The number of aromatic amines is 1. The first-order valence-electron chi connectivity index (χ1n) is 7.63. The zero-order chi connectivity index (χ0) is 14.6. The van der Waals surface area contributed by atoms with E-state index in [0.29, 0.717) is 10.8 Å². The van der Waals surface area contributed by atoms with Gasteiger partial charge in [-0.05, 0) is 51.8 Å². The highest BCUT2D eigenvalue weighted by Gasteiger charge is 2.38. The van der Waals surface area contributed by atoms with Gasteiger partial charge in [0.15, 0.2) is 5.58 Å². The molecule has 3 atom stereocenters. The van der Waals surface area contributed by atoms with Crippen molar-refractivity contribution in [3.8, 4) is 0 Å². The van der Waals surface area contributed by atoms with E-state index in [-0.39, 0.29) is 5.76 Å². The first kappa shape index (κ1) is 13.5. The van der Waals surface area contributed by atoms with Crippen molar-refractivity contribution in [2.75, 3.05) is 7.05 Å². The van der Waals surface area contributed by atoms with Crippen LogP contribution in [0, 0.1) is 6.92 Å². The van der Waals surface area contributed by atoms with E-state index in [9.17, 15) is 4.79 Å². The number of thioether (sulfide) groups is 1. The maximum Gasteiger partial charge on any atom is 0.417 e. The van der Waals surface area contributed by atoms with Crippen molar-refractivity contribution in [2.45, 2.75) is 54.8 Å². The molecule has 2 aliphatic heterocycles. The molecule has 4 nitrogen and oxygen atoms in total. The molecule has 2 saturated heterocycles. The summed E-state index contributed by atoms with van der Waals surface area (Å²) in [6.07, 6.45) is 5.24. The number of fused-ring (bicyclic) bond motifs is 3. The summed E-state index contributed by atoms with van der Waals surface area (Å²) in [5.41, 5.74) is 2.59. The van der Waals surface area contributed by atoms with E-state index < -0.39 is 0 Å². The average molecular weight is 304 g/mol. The molecule has 0 spiro atoms. The zero-order valence-electron chi connectivity index (χ0n) is 12.4. The minimum Gasteiger partial charge on any atom is -0.408 e. The molecule has 112 valence electrons. The molecule has 1 unspecified atom stereocenters. The van der Waals surface area contributed by atoms with E-state index in [1.807, 2.05) is 24.8 Å². The van der Waals surface area contributed by atoms with Gasteiger partial charge in [-0.3, -0.25) is 4.98 Å². The van der Waals surface area contributed by atoms with Crippen LogP contribution in [0.15, 0.2) is 26.2 Å². The quantitative estimate of drug-likeness (QED) is 0.926. The molecular weight excluding hydrogens is 284 g/mol. The number of nitrogens with zero attached hydrogens (tertiary/aromatic N) is 1. The predicted octanol–water partition coefficient (Wildman–Crippen LogP) is 3.15. The van der Waals surface area contributed by atoms with Crippen LogP contribution in [0.5, 0.6) is 0 Å². The number of hydrogen-bond donors (Lipinski definition) is 1. The zero-order valence-corrected chi connectivity index (χ0v) is 13.2. The lowest BCUT2D eigenvalue weighted by atomic mass is 10.0. The molecule has 5 heteroatoms. The molecule has 1 aromatic carbocycles. The highest BCUT2D eigenvalue weighted by atomic mass is 32.2. The molecule has 4 rings (SSSR count). The van der Waals surface area contributed by atoms with Crippen molar-refractivity contribution in [3.05, 3.63) is 28.2 Å². The molecule has 2 bridgehead atoms. The van der Waals surface area contributed by atoms with Crippen LogP contribution in [0.25, 0.3) is 11.1 Å². The lowest BCUT2D eigenvalue weighted by Crippen LogP contribution is -2.40. The summed E-state index contributed by atoms with van der Waals surface area (Å²) in [4.78, 5) is 17.9. The van der Waals surface area contributed by atoms with Crippen molar-refractivity contribution in [2.24, 2.45) is 0 Å². The Kier molecular flexibility index (Phi) is 3.15. The van der Waals surface area contributed by atoms with E-state index in [1.165, 1.54) is 30.6 Å². The Bertz CT molecular complexity index is 721. The van der Waals surface area contributed by atoms with Crippen LogP contribution in [0.2, 0.25) is 0 Å². The summed E-state index contributed by atoms with van der Waals surface area (Å²) in [5, 5.41) is 0.681. The molecule has 0 aliphatic carbocycles. The monoisotopic (exact) mass is 304 g/mol. The second kappa shape index (κ2) is 4.92. The molecule has 2 aliphatic rings. The Labute approximate surface area is 127 Å². The number of aryl methyl sites for hydroxylation is 1. The maximum absolute atomic E-state index is 11.3. The van der Waals surface area contributed by atoms with Gasteiger partial charge >= 0.3 is 5.76 Å². The largest absolute Gasteiger partial charge is 0.417 e. The first-order valence-corrected chi connectivity index (χ1v) is 8.51. The Hall–Kier alpha value is -1.20. The third-order valence-electron chi connectivity index (χ3n) is 5.14. The van der Waals surface area contributed by atoms with Crippen LogP contribution in [-0.2, 0) is 0 Å². The fourth-order valence-corrected chi connectivity index (χ4v) is 5.31. The molecule has 3 heterocycles. The summed E-state index contributed by atoms with van der Waals surface area (Å²) < 4.78 is 5.27. The molecule has 2 aromatic rings. The normalized spacial score (nSPS) is 29.3. The van der Waals surface area contributed by atoms with Crippen molar-refractivity contribution in [1.29, 1.82) is 0 Å². The third kappa shape index (κ3) is 2.23. The number of hydrogen-bond acceptors (Lipinski definition) is 4. The number of nitrogens with one attached hydrogen (secondary N) is 1. The van der Waals surface area contributed by atoms with E-state index in [0.717, 1.165) is 23.2 Å². The molecule has 0 amide bonds. The lowest BCUT2D eigenvalue weighted by molar-refractivity contribution is 0.183. The van der Waals surface area contributed by atoms with Gasteiger partial charge in [-0.1, -0.05) is 0 Å². The standard InChI is InChI=1S/C16H20N2O2S/c1-9-14(6-5-13-15(9)20-16(19)17-13)21-12-7-10-3-4-11(8-12)18(10)2/h5-6,10-12H,3-4,7-8H2,1-2H3,(H,17,19)/t10-,11+,12?. The number of piperidine rings is 1. The molecule has 0 saturated carbocycles. The van der Waals surface area contributed by atoms with Gasteiger partial charge in [0.25, 0.3) is 0 Å². The van der Waals surface area contributed by atoms with Gasteiger partial charge < -0.3 is 9.32 Å². The Morgan fingerprint density at radius 2 is 2.00 bits per heavy atom. The van der Waals surface area contributed by atoms with Gasteiger partial charge in [0.05, 0.1) is 5.52 Å². The topological polar surface area (TPSA) is 49.2 Å². The number of rotatable bonds is 2. The summed E-state index contributed by atoms with van der Waals surface area (Å²) >= 11 is 1.96. The second-order valence-corrected chi connectivity index (χ2v) is 7.68. The van der Waals surface area contributed by atoms with E-state index in [1.54, 1.807) is 0 Å². The number of H-pyrrole nitrogens is 1. The molecule has 21 heavy (non-hydrogen) atoms. The molecule has 0 radical (unpaired) electrons. The van der Waals surface area contributed by atoms with Crippen LogP contribution < -0.4 is 5.76 Å². The average Bonchev–Trinajstić information content (AvgIpc) is 2.90. The van der Waals surface area contributed by atoms with Gasteiger partial charge in [0, 0.05) is 27.8 Å². The fraction of sp³-hybridized carbons (Fsp3) is 0.562. The van der Waals surface area contributed by atoms with Gasteiger partial charge in [0.2, 0.25) is 0 Å². The fourth-order valence-electron chi connectivity index (χ4n) is 3.90. The van der Waals surface area contributed by atoms with E-state index >= 15 is 0 Å². The Balaban J connectivity index is 1.60. The van der Waals surface area contributed by atoms with Crippen LogP contribution in [-0.4, -0.2) is 34.3 Å². The Morgan fingerprint density at radius 1 is 1.29 bits per heavy atom. The summed E-state index contributed by atoms with van der Waals surface area (Å²) in [5.74, 6) is -0.368. The van der Waals surface area contributed by atoms with Crippen LogP contribution in [0.1, 0.15) is 31.2 Å². The minimum atomic E-state index is -0.368. The second-order valence-electron chi connectivity index (χ2n) is 6.34.